The summed E-state index contributed by atoms with van der Waals surface area (Å²) in [6, 6.07) is 63.7. The van der Waals surface area contributed by atoms with Crippen molar-refractivity contribution < 1.29 is 4.42 Å². The number of thiophene rings is 1. The molecular weight excluding hydrogens is 717 g/mol. The predicted octanol–water partition coefficient (Wildman–Crippen LogP) is 13.9. The third-order valence-electron chi connectivity index (χ3n) is 11.1. The molecule has 0 fully saturated rings. The third-order valence-corrected chi connectivity index (χ3v) is 12.2. The van der Waals surface area contributed by atoms with Gasteiger partial charge in [-0.3, -0.25) is 0 Å². The van der Waals surface area contributed by atoms with Crippen LogP contribution in [0.1, 0.15) is 0 Å². The summed E-state index contributed by atoms with van der Waals surface area (Å²) >= 11 is 1.79. The summed E-state index contributed by atoms with van der Waals surface area (Å²) in [5, 5.41) is 6.88. The molecule has 12 aromatic rings. The number of nitrogens with zero attached hydrogens (tertiary/aromatic N) is 4. The van der Waals surface area contributed by atoms with Crippen molar-refractivity contribution in [1.82, 2.24) is 19.5 Å². The van der Waals surface area contributed by atoms with Crippen LogP contribution in [0.25, 0.3) is 115 Å². The fraction of sp³-hybridized carbons (Fsp3) is 0. The van der Waals surface area contributed by atoms with Crippen LogP contribution in [0.2, 0.25) is 0 Å². The smallest absolute Gasteiger partial charge is 0.164 e. The number of furan rings is 1. The van der Waals surface area contributed by atoms with Gasteiger partial charge < -0.3 is 8.98 Å². The average molecular weight is 747 g/mol. The molecule has 6 heteroatoms. The van der Waals surface area contributed by atoms with E-state index in [1.807, 2.05) is 6.07 Å². The molecule has 0 saturated heterocycles. The molecule has 0 amide bonds. The van der Waals surface area contributed by atoms with Gasteiger partial charge in [0, 0.05) is 70.2 Å². The summed E-state index contributed by atoms with van der Waals surface area (Å²) in [5.74, 6) is 1.84. The van der Waals surface area contributed by atoms with Crippen LogP contribution in [0, 0.1) is 0 Å². The average Bonchev–Trinajstić information content (AvgIpc) is 3.95. The van der Waals surface area contributed by atoms with Crippen LogP contribution in [-0.2, 0) is 0 Å². The Balaban J connectivity index is 1.04. The molecule has 8 aromatic carbocycles. The number of aromatic nitrogens is 4. The van der Waals surface area contributed by atoms with Crippen LogP contribution < -0.4 is 0 Å². The highest BCUT2D eigenvalue weighted by Crippen LogP contribution is 2.41. The monoisotopic (exact) mass is 746 g/mol. The summed E-state index contributed by atoms with van der Waals surface area (Å²) in [5.41, 5.74) is 10.1. The normalized spacial score (nSPS) is 11.9. The highest BCUT2D eigenvalue weighted by atomic mass is 32.1. The van der Waals surface area contributed by atoms with E-state index in [0.29, 0.717) is 17.5 Å². The maximum atomic E-state index is 6.71. The van der Waals surface area contributed by atoms with E-state index in [0.717, 1.165) is 60.8 Å². The minimum atomic E-state index is 0.590. The van der Waals surface area contributed by atoms with E-state index in [-0.39, 0.29) is 0 Å². The molecule has 0 spiro atoms. The Labute approximate surface area is 330 Å². The first-order valence-electron chi connectivity index (χ1n) is 19.0. The third kappa shape index (κ3) is 5.12. The van der Waals surface area contributed by atoms with Crippen molar-refractivity contribution in [2.45, 2.75) is 0 Å². The van der Waals surface area contributed by atoms with Gasteiger partial charge in [-0.25, -0.2) is 15.0 Å². The predicted molar refractivity (Wildman–Crippen MR) is 236 cm³/mol. The molecule has 266 valence electrons. The van der Waals surface area contributed by atoms with Gasteiger partial charge in [0.1, 0.15) is 11.2 Å². The number of fused-ring (bicyclic) bond motifs is 9. The van der Waals surface area contributed by atoms with Crippen LogP contribution in [-0.4, -0.2) is 19.5 Å². The standard InChI is InChI=1S/C51H30N4OS/c1-3-12-31(13-4-1)32-22-24-33(25-23-32)49-52-50(54-51(53-49)39-18-11-21-47-48(39)38-17-8-10-20-46(38)57-47)34-26-27-37-41-29-40-36-16-7-9-19-42(36)55(35-14-5-2-6-15-35)43(40)30-45(41)56-44(37)28-34/h1-30H. The van der Waals surface area contributed by atoms with Gasteiger partial charge >= 0.3 is 0 Å². The zero-order valence-electron chi connectivity index (χ0n) is 30.4. The Kier molecular flexibility index (Phi) is 7.03. The van der Waals surface area contributed by atoms with Crippen molar-refractivity contribution in [1.29, 1.82) is 0 Å². The summed E-state index contributed by atoms with van der Waals surface area (Å²) in [4.78, 5) is 15.5. The molecule has 0 radical (unpaired) electrons. The topological polar surface area (TPSA) is 56.7 Å². The van der Waals surface area contributed by atoms with Crippen molar-refractivity contribution in [3.8, 4) is 51.0 Å². The Morgan fingerprint density at radius 3 is 1.86 bits per heavy atom. The van der Waals surface area contributed by atoms with E-state index in [1.54, 1.807) is 11.3 Å². The second kappa shape index (κ2) is 12.6. The van der Waals surface area contributed by atoms with Gasteiger partial charge in [0.25, 0.3) is 0 Å². The maximum absolute atomic E-state index is 6.71. The molecule has 0 aliphatic heterocycles. The van der Waals surface area contributed by atoms with Crippen LogP contribution in [0.15, 0.2) is 186 Å². The van der Waals surface area contributed by atoms with Crippen molar-refractivity contribution in [3.05, 3.63) is 182 Å². The Morgan fingerprint density at radius 2 is 1.02 bits per heavy atom. The van der Waals surface area contributed by atoms with E-state index in [4.69, 9.17) is 19.4 Å². The highest BCUT2D eigenvalue weighted by molar-refractivity contribution is 7.25. The minimum absolute atomic E-state index is 0.590. The van der Waals surface area contributed by atoms with Gasteiger partial charge in [0.05, 0.1) is 11.0 Å². The lowest BCUT2D eigenvalue weighted by atomic mass is 10.0. The molecule has 0 atom stereocenters. The van der Waals surface area contributed by atoms with E-state index in [1.165, 1.54) is 36.6 Å². The molecular formula is C51H30N4OS. The minimum Gasteiger partial charge on any atom is -0.456 e. The molecule has 0 bridgehead atoms. The maximum Gasteiger partial charge on any atom is 0.164 e. The zero-order chi connectivity index (χ0) is 37.5. The quantitative estimate of drug-likeness (QED) is 0.176. The first-order chi connectivity index (χ1) is 28.2. The molecule has 0 aliphatic rings. The van der Waals surface area contributed by atoms with Crippen molar-refractivity contribution in [3.63, 3.8) is 0 Å². The molecule has 0 aliphatic carbocycles. The van der Waals surface area contributed by atoms with Crippen molar-refractivity contribution in [2.24, 2.45) is 0 Å². The van der Waals surface area contributed by atoms with E-state index >= 15 is 0 Å². The largest absolute Gasteiger partial charge is 0.456 e. The molecule has 4 heterocycles. The van der Waals surface area contributed by atoms with E-state index in [2.05, 4.69) is 180 Å². The lowest BCUT2D eigenvalue weighted by Gasteiger charge is -2.10. The molecule has 12 rings (SSSR count). The summed E-state index contributed by atoms with van der Waals surface area (Å²) < 4.78 is 11.5. The molecule has 5 nitrogen and oxygen atoms in total. The second-order valence-corrected chi connectivity index (χ2v) is 15.5. The van der Waals surface area contributed by atoms with E-state index in [9.17, 15) is 0 Å². The van der Waals surface area contributed by atoms with Gasteiger partial charge in [0.2, 0.25) is 0 Å². The van der Waals surface area contributed by atoms with Crippen LogP contribution in [0.4, 0.5) is 0 Å². The SMILES string of the molecule is c1ccc(-c2ccc(-c3nc(-c4ccc5c(c4)oc4cc6c(cc45)c4ccccc4n6-c4ccccc4)nc(-c4cccc5sc6ccccc6c45)n3)cc2)cc1. The molecule has 4 aromatic heterocycles. The van der Waals surface area contributed by atoms with Gasteiger partial charge in [-0.1, -0.05) is 127 Å². The lowest BCUT2D eigenvalue weighted by Crippen LogP contribution is -2.00. The fourth-order valence-electron chi connectivity index (χ4n) is 8.39. The van der Waals surface area contributed by atoms with E-state index < -0.39 is 0 Å². The fourth-order valence-corrected chi connectivity index (χ4v) is 9.52. The summed E-state index contributed by atoms with van der Waals surface area (Å²) in [6.45, 7) is 0. The first kappa shape index (κ1) is 31.9. The van der Waals surface area contributed by atoms with Crippen LogP contribution in [0.5, 0.6) is 0 Å². The molecule has 57 heavy (non-hydrogen) atoms. The highest BCUT2D eigenvalue weighted by Gasteiger charge is 2.20. The summed E-state index contributed by atoms with van der Waals surface area (Å²) in [7, 11) is 0. The number of para-hydroxylation sites is 2. The number of rotatable bonds is 5. The van der Waals surface area contributed by atoms with Gasteiger partial charge in [-0.2, -0.15) is 0 Å². The summed E-state index contributed by atoms with van der Waals surface area (Å²) in [6.07, 6.45) is 0. The second-order valence-electron chi connectivity index (χ2n) is 14.4. The van der Waals surface area contributed by atoms with Gasteiger partial charge in [-0.05, 0) is 59.7 Å². The van der Waals surface area contributed by atoms with Crippen molar-refractivity contribution in [2.75, 3.05) is 0 Å². The Morgan fingerprint density at radius 1 is 0.386 bits per heavy atom. The van der Waals surface area contributed by atoms with Gasteiger partial charge in [0.15, 0.2) is 17.5 Å². The Hall–Kier alpha value is -7.41. The van der Waals surface area contributed by atoms with Crippen LogP contribution >= 0.6 is 11.3 Å². The van der Waals surface area contributed by atoms with Gasteiger partial charge in [-0.15, -0.1) is 11.3 Å². The number of benzene rings is 8. The number of hydrogen-bond acceptors (Lipinski definition) is 5. The first-order valence-corrected chi connectivity index (χ1v) is 19.8. The Bertz CT molecular complexity index is 3510. The molecule has 0 saturated carbocycles. The number of hydrogen-bond donors (Lipinski definition) is 0. The van der Waals surface area contributed by atoms with Crippen LogP contribution in [0.3, 0.4) is 0 Å². The molecule has 0 unspecified atom stereocenters. The zero-order valence-corrected chi connectivity index (χ0v) is 31.2. The lowest BCUT2D eigenvalue weighted by molar-refractivity contribution is 0.669. The van der Waals surface area contributed by atoms with Crippen molar-refractivity contribution >= 4 is 75.3 Å². The molecule has 0 N–H and O–H groups in total.